The second-order valence-corrected chi connectivity index (χ2v) is 16.5. The van der Waals surface area contributed by atoms with Crippen LogP contribution in [0.5, 0.6) is 11.5 Å². The van der Waals surface area contributed by atoms with E-state index < -0.39 is 23.7 Å². The number of carbonyl (C=O) groups is 4. The first-order valence-corrected chi connectivity index (χ1v) is 22.2. The lowest BCUT2D eigenvalue weighted by molar-refractivity contribution is -0.150. The summed E-state index contributed by atoms with van der Waals surface area (Å²) in [6.07, 6.45) is 4.38. The monoisotopic (exact) mass is 842 g/mol. The Kier molecular flexibility index (Phi) is 18.0. The number of nitrogens with zero attached hydrogens (tertiary/aromatic N) is 2. The molecule has 2 heterocycles. The molecule has 3 amide bonds. The summed E-state index contributed by atoms with van der Waals surface area (Å²) in [5, 5.41) is 6.42. The average molecular weight is 843 g/mol. The van der Waals surface area contributed by atoms with Crippen molar-refractivity contribution in [2.24, 2.45) is 0 Å². The minimum atomic E-state index is -1.10. The Morgan fingerprint density at radius 3 is 2.05 bits per heavy atom. The Bertz CT molecular complexity index is 1870. The van der Waals surface area contributed by atoms with Gasteiger partial charge in [-0.25, -0.2) is 4.98 Å². The van der Waals surface area contributed by atoms with Crippen molar-refractivity contribution < 1.29 is 38.1 Å². The third kappa shape index (κ3) is 13.2. The van der Waals surface area contributed by atoms with Crippen LogP contribution >= 0.6 is 21.6 Å². The van der Waals surface area contributed by atoms with Crippen LogP contribution in [0.4, 0.5) is 0 Å². The fourth-order valence-corrected chi connectivity index (χ4v) is 8.84. The number of benzene rings is 3. The topological polar surface area (TPSA) is 145 Å². The van der Waals surface area contributed by atoms with E-state index in [9.17, 15) is 19.2 Å². The second-order valence-electron chi connectivity index (χ2n) is 14.0. The van der Waals surface area contributed by atoms with Crippen LogP contribution in [-0.4, -0.2) is 92.4 Å². The Morgan fingerprint density at radius 1 is 0.763 bits per heavy atom. The SMILES string of the molecule is CNC(=O)CCC(=O)O[C@@H]1C[C@@H](COC(c2ccccc2)(c2ccc(OC)cc2)c2ccc(OC)cc2)N(C(=O)CCCCCNC(=O)CCSSc2ccccn2)C1. The zero-order valence-electron chi connectivity index (χ0n) is 33.9. The smallest absolute Gasteiger partial charge is 0.306 e. The fourth-order valence-electron chi connectivity index (χ4n) is 6.97. The van der Waals surface area contributed by atoms with Crippen molar-refractivity contribution in [3.05, 3.63) is 120 Å². The van der Waals surface area contributed by atoms with Gasteiger partial charge in [-0.15, -0.1) is 0 Å². The first kappa shape index (κ1) is 45.0. The predicted molar refractivity (Wildman–Crippen MR) is 230 cm³/mol. The molecule has 1 aliphatic rings. The minimum absolute atomic E-state index is 0.00174. The lowest BCUT2D eigenvalue weighted by Crippen LogP contribution is -2.42. The van der Waals surface area contributed by atoms with E-state index >= 15 is 0 Å². The molecule has 0 saturated carbocycles. The number of rotatable bonds is 23. The molecule has 0 spiro atoms. The molecular weight excluding hydrogens is 789 g/mol. The Balaban J connectivity index is 1.26. The molecule has 3 aromatic carbocycles. The number of carbonyl (C=O) groups excluding carboxylic acids is 4. The van der Waals surface area contributed by atoms with Gasteiger partial charge in [0.25, 0.3) is 0 Å². The molecule has 314 valence electrons. The number of unbranched alkanes of at least 4 members (excludes halogenated alkanes) is 2. The summed E-state index contributed by atoms with van der Waals surface area (Å²) < 4.78 is 24.0. The normalized spacial score (nSPS) is 15.0. The van der Waals surface area contributed by atoms with Gasteiger partial charge in [0.05, 0.1) is 39.8 Å². The van der Waals surface area contributed by atoms with E-state index in [0.29, 0.717) is 49.5 Å². The first-order valence-electron chi connectivity index (χ1n) is 19.9. The van der Waals surface area contributed by atoms with E-state index in [4.69, 9.17) is 18.9 Å². The van der Waals surface area contributed by atoms with Gasteiger partial charge in [0, 0.05) is 51.2 Å². The highest BCUT2D eigenvalue weighted by molar-refractivity contribution is 8.76. The molecule has 2 N–H and O–H groups in total. The number of nitrogens with one attached hydrogen (secondary N) is 2. The molecule has 59 heavy (non-hydrogen) atoms. The van der Waals surface area contributed by atoms with Crippen molar-refractivity contribution in [1.82, 2.24) is 20.5 Å². The lowest BCUT2D eigenvalue weighted by Gasteiger charge is -2.38. The maximum absolute atomic E-state index is 14.0. The lowest BCUT2D eigenvalue weighted by atomic mass is 9.80. The van der Waals surface area contributed by atoms with E-state index in [2.05, 4.69) is 15.6 Å². The van der Waals surface area contributed by atoms with Gasteiger partial charge in [-0.3, -0.25) is 19.2 Å². The van der Waals surface area contributed by atoms with E-state index in [1.807, 2.05) is 97.1 Å². The number of amides is 3. The van der Waals surface area contributed by atoms with Crippen molar-refractivity contribution >= 4 is 45.3 Å². The van der Waals surface area contributed by atoms with Gasteiger partial charge >= 0.3 is 5.97 Å². The average Bonchev–Trinajstić information content (AvgIpc) is 3.68. The molecule has 0 aliphatic carbocycles. The second kappa shape index (κ2) is 23.5. The maximum Gasteiger partial charge on any atom is 0.306 e. The molecular formula is C45H54N4O8S2. The predicted octanol–water partition coefficient (Wildman–Crippen LogP) is 6.95. The molecule has 1 aromatic heterocycles. The van der Waals surface area contributed by atoms with Crippen LogP contribution in [0, 0.1) is 0 Å². The van der Waals surface area contributed by atoms with E-state index in [-0.39, 0.29) is 43.7 Å². The van der Waals surface area contributed by atoms with Gasteiger partial charge in [-0.1, -0.05) is 77.9 Å². The summed E-state index contributed by atoms with van der Waals surface area (Å²) in [6.45, 7) is 0.891. The van der Waals surface area contributed by atoms with E-state index in [0.717, 1.165) is 34.6 Å². The molecule has 2 atom stereocenters. The van der Waals surface area contributed by atoms with Gasteiger partial charge < -0.3 is 34.5 Å². The summed E-state index contributed by atoms with van der Waals surface area (Å²) in [7, 11) is 7.92. The third-order valence-corrected chi connectivity index (χ3v) is 12.3. The molecule has 1 saturated heterocycles. The van der Waals surface area contributed by atoms with Gasteiger partial charge in [-0.05, 0) is 76.7 Å². The highest BCUT2D eigenvalue weighted by Gasteiger charge is 2.42. The van der Waals surface area contributed by atoms with E-state index in [1.54, 1.807) is 46.9 Å². The molecule has 5 rings (SSSR count). The highest BCUT2D eigenvalue weighted by Crippen LogP contribution is 2.42. The minimum Gasteiger partial charge on any atom is -0.497 e. The van der Waals surface area contributed by atoms with Gasteiger partial charge in [0.2, 0.25) is 17.7 Å². The van der Waals surface area contributed by atoms with E-state index in [1.165, 1.54) is 7.05 Å². The van der Waals surface area contributed by atoms with Crippen LogP contribution in [0.3, 0.4) is 0 Å². The molecule has 0 radical (unpaired) electrons. The Hall–Kier alpha value is -5.05. The van der Waals surface area contributed by atoms with Crippen LogP contribution in [0.25, 0.3) is 0 Å². The summed E-state index contributed by atoms with van der Waals surface area (Å²) in [4.78, 5) is 57.1. The standard InChI is InChI=1S/C45H54N4O8S2/c1-46-40(50)24-25-44(53)57-39-30-36(49(31-39)43(52)15-8-5-10-27-47-41(51)26-29-58-59-42-14-9-11-28-48-42)32-56-45(33-12-6-4-7-13-33,34-16-20-37(54-2)21-17-34)35-18-22-38(55-3)23-19-35/h4,6-7,9,11-14,16-23,28,36,39H,5,8,10,15,24-27,29-32H2,1-3H3,(H,46,50)(H,47,51)/t36-,39+/m0/s1. The van der Waals surface area contributed by atoms with Crippen molar-refractivity contribution in [1.29, 1.82) is 0 Å². The van der Waals surface area contributed by atoms with Gasteiger partial charge in [0.15, 0.2) is 0 Å². The molecule has 1 aliphatic heterocycles. The van der Waals surface area contributed by atoms with Crippen molar-refractivity contribution in [3.63, 3.8) is 0 Å². The van der Waals surface area contributed by atoms with Crippen molar-refractivity contribution in [2.75, 3.05) is 46.7 Å². The number of pyridine rings is 1. The largest absolute Gasteiger partial charge is 0.497 e. The zero-order chi connectivity index (χ0) is 41.9. The number of esters is 1. The number of hydrogen-bond donors (Lipinski definition) is 2. The summed E-state index contributed by atoms with van der Waals surface area (Å²) in [5.74, 6) is 1.28. The Labute approximate surface area is 354 Å². The number of methoxy groups -OCH3 is 2. The molecule has 1 fully saturated rings. The molecule has 12 nitrogen and oxygen atoms in total. The van der Waals surface area contributed by atoms with Crippen LogP contribution in [0.2, 0.25) is 0 Å². The van der Waals surface area contributed by atoms with Crippen LogP contribution in [0.15, 0.2) is 108 Å². The van der Waals surface area contributed by atoms with Gasteiger partial charge in [0.1, 0.15) is 28.2 Å². The molecule has 14 heteroatoms. The Morgan fingerprint density at radius 2 is 1.42 bits per heavy atom. The zero-order valence-corrected chi connectivity index (χ0v) is 35.6. The summed E-state index contributed by atoms with van der Waals surface area (Å²) >= 11 is 0. The maximum atomic E-state index is 14.0. The van der Waals surface area contributed by atoms with Crippen LogP contribution in [-0.2, 0) is 34.3 Å². The highest BCUT2D eigenvalue weighted by atomic mass is 33.1. The summed E-state index contributed by atoms with van der Waals surface area (Å²) in [5.41, 5.74) is 1.50. The van der Waals surface area contributed by atoms with Crippen molar-refractivity contribution in [3.8, 4) is 11.5 Å². The number of aromatic nitrogens is 1. The van der Waals surface area contributed by atoms with Crippen LogP contribution < -0.4 is 20.1 Å². The number of hydrogen-bond acceptors (Lipinski definition) is 11. The van der Waals surface area contributed by atoms with Gasteiger partial charge in [-0.2, -0.15) is 0 Å². The first-order chi connectivity index (χ1) is 28.7. The third-order valence-electron chi connectivity index (χ3n) is 10.1. The molecule has 0 unspecified atom stereocenters. The quantitative estimate of drug-likeness (QED) is 0.0346. The molecule has 0 bridgehead atoms. The summed E-state index contributed by atoms with van der Waals surface area (Å²) in [6, 6.07) is 30.8. The number of ether oxygens (including phenoxy) is 4. The molecule has 4 aromatic rings. The van der Waals surface area contributed by atoms with Crippen LogP contribution in [0.1, 0.15) is 68.1 Å². The van der Waals surface area contributed by atoms with Crippen molar-refractivity contribution in [2.45, 2.75) is 74.1 Å². The number of likely N-dealkylation sites (tertiary alicyclic amines) is 1. The fraction of sp³-hybridized carbons (Fsp3) is 0.400.